The second-order valence-corrected chi connectivity index (χ2v) is 7.22. The Morgan fingerprint density at radius 3 is 2.63 bits per heavy atom. The minimum absolute atomic E-state index is 0.342. The van der Waals surface area contributed by atoms with Crippen LogP contribution in [0.5, 0.6) is 5.75 Å². The number of para-hydroxylation sites is 1. The molecule has 0 bridgehead atoms. The fraction of sp³-hybridized carbons (Fsp3) is 0.0417. The summed E-state index contributed by atoms with van der Waals surface area (Å²) in [5, 5.41) is 8.97. The molecule has 30 heavy (non-hydrogen) atoms. The summed E-state index contributed by atoms with van der Waals surface area (Å²) in [6, 6.07) is 21.6. The maximum Gasteiger partial charge on any atom is 0.138 e. The van der Waals surface area contributed by atoms with Gasteiger partial charge in [-0.15, -0.1) is 0 Å². The van der Waals surface area contributed by atoms with Crippen LogP contribution in [0, 0.1) is 0 Å². The number of pyridine rings is 2. The third-order valence-corrected chi connectivity index (χ3v) is 5.16. The van der Waals surface area contributed by atoms with Gasteiger partial charge in [0.15, 0.2) is 0 Å². The molecule has 6 heteroatoms. The number of benzene rings is 2. The molecule has 3 heterocycles. The Balaban J connectivity index is 1.37. The number of halogens is 1. The van der Waals surface area contributed by atoms with Gasteiger partial charge in [-0.1, -0.05) is 35.9 Å². The number of hydrogen-bond acceptors (Lipinski definition) is 4. The molecule has 1 N–H and O–H groups in total. The summed E-state index contributed by atoms with van der Waals surface area (Å²) in [7, 11) is 0. The first-order valence-corrected chi connectivity index (χ1v) is 9.87. The fourth-order valence-electron chi connectivity index (χ4n) is 3.37. The summed E-state index contributed by atoms with van der Waals surface area (Å²) >= 11 is 6.51. The van der Waals surface area contributed by atoms with E-state index in [1.165, 1.54) is 0 Å². The quantitative estimate of drug-likeness (QED) is 0.389. The molecule has 0 aliphatic heterocycles. The first kappa shape index (κ1) is 18.3. The van der Waals surface area contributed by atoms with E-state index < -0.39 is 0 Å². The van der Waals surface area contributed by atoms with E-state index in [1.54, 1.807) is 12.4 Å². The summed E-state index contributed by atoms with van der Waals surface area (Å²) < 4.78 is 5.93. The number of aromatic nitrogens is 4. The van der Waals surface area contributed by atoms with Crippen LogP contribution in [-0.4, -0.2) is 20.2 Å². The van der Waals surface area contributed by atoms with Gasteiger partial charge < -0.3 is 4.74 Å². The topological polar surface area (TPSA) is 63.7 Å². The van der Waals surface area contributed by atoms with Crippen molar-refractivity contribution in [1.29, 1.82) is 0 Å². The van der Waals surface area contributed by atoms with Gasteiger partial charge in [-0.05, 0) is 48.0 Å². The number of ether oxygens (including phenoxy) is 1. The van der Waals surface area contributed by atoms with Crippen LogP contribution in [0.1, 0.15) is 5.69 Å². The zero-order chi connectivity index (χ0) is 20.3. The molecule has 0 saturated heterocycles. The molecule has 0 atom stereocenters. The van der Waals surface area contributed by atoms with Crippen molar-refractivity contribution in [1.82, 2.24) is 20.2 Å². The highest BCUT2D eigenvalue weighted by molar-refractivity contribution is 6.32. The summed E-state index contributed by atoms with van der Waals surface area (Å²) in [4.78, 5) is 8.71. The molecule has 0 fully saturated rings. The number of nitrogens with zero attached hydrogens (tertiary/aromatic N) is 3. The van der Waals surface area contributed by atoms with Crippen LogP contribution in [0.25, 0.3) is 33.3 Å². The minimum atomic E-state index is 0.342. The van der Waals surface area contributed by atoms with Crippen molar-refractivity contribution >= 4 is 22.5 Å². The number of rotatable bonds is 5. The van der Waals surface area contributed by atoms with Crippen LogP contribution in [0.15, 0.2) is 85.3 Å². The molecule has 0 unspecified atom stereocenters. The Morgan fingerprint density at radius 2 is 1.77 bits per heavy atom. The minimum Gasteiger partial charge on any atom is -0.486 e. The molecule has 2 aromatic carbocycles. The van der Waals surface area contributed by atoms with E-state index in [0.29, 0.717) is 17.4 Å². The average molecular weight is 413 g/mol. The number of H-pyrrole nitrogens is 1. The van der Waals surface area contributed by atoms with Gasteiger partial charge in [0, 0.05) is 35.1 Å². The summed E-state index contributed by atoms with van der Waals surface area (Å²) in [6.07, 6.45) is 5.39. The largest absolute Gasteiger partial charge is 0.486 e. The van der Waals surface area contributed by atoms with Crippen LogP contribution >= 0.6 is 11.6 Å². The molecule has 146 valence electrons. The second kappa shape index (κ2) is 7.97. The van der Waals surface area contributed by atoms with Gasteiger partial charge in [-0.2, -0.15) is 5.10 Å². The Hall–Kier alpha value is -3.70. The molecular formula is C24H17ClN4O. The summed E-state index contributed by atoms with van der Waals surface area (Å²) in [5.74, 6) is 0.608. The Morgan fingerprint density at radius 1 is 0.900 bits per heavy atom. The lowest BCUT2D eigenvalue weighted by Gasteiger charge is -2.10. The van der Waals surface area contributed by atoms with Crippen LogP contribution < -0.4 is 4.74 Å². The van der Waals surface area contributed by atoms with Gasteiger partial charge in [-0.3, -0.25) is 10.1 Å². The Bertz CT molecular complexity index is 1320. The maximum absolute atomic E-state index is 6.51. The number of fused-ring (bicyclic) bond motifs is 1. The lowest BCUT2D eigenvalue weighted by Crippen LogP contribution is -1.99. The standard InChI is InChI=1S/C24H17ClN4O/c25-21-13-18(24-20(14-27-29-24)16-9-11-26-12-10-16)6-8-23(21)30-15-19-7-5-17-3-1-2-4-22(17)28-19/h1-14H,15H2,(H,27,29). The van der Waals surface area contributed by atoms with Crippen LogP contribution in [-0.2, 0) is 6.61 Å². The van der Waals surface area contributed by atoms with Crippen molar-refractivity contribution in [3.63, 3.8) is 0 Å². The predicted molar refractivity (Wildman–Crippen MR) is 118 cm³/mol. The first-order chi connectivity index (χ1) is 14.8. The predicted octanol–water partition coefficient (Wildman–Crippen LogP) is 5.92. The molecule has 3 aromatic heterocycles. The smallest absolute Gasteiger partial charge is 0.138 e. The van der Waals surface area contributed by atoms with E-state index in [-0.39, 0.29) is 0 Å². The number of hydrogen-bond donors (Lipinski definition) is 1. The SMILES string of the molecule is Clc1cc(-c2n[nH]cc2-c2ccncc2)ccc1OCc1ccc2ccccc2n1. The third kappa shape index (κ3) is 3.63. The van der Waals surface area contributed by atoms with E-state index >= 15 is 0 Å². The lowest BCUT2D eigenvalue weighted by molar-refractivity contribution is 0.302. The highest BCUT2D eigenvalue weighted by Gasteiger charge is 2.13. The van der Waals surface area contributed by atoms with Gasteiger partial charge in [0.2, 0.25) is 0 Å². The molecule has 0 saturated carbocycles. The lowest BCUT2D eigenvalue weighted by atomic mass is 10.0. The van der Waals surface area contributed by atoms with Crippen molar-refractivity contribution in [3.8, 4) is 28.1 Å². The summed E-state index contributed by atoms with van der Waals surface area (Å²) in [6.45, 7) is 0.342. The first-order valence-electron chi connectivity index (χ1n) is 9.49. The van der Waals surface area contributed by atoms with E-state index in [9.17, 15) is 0 Å². The van der Waals surface area contributed by atoms with Crippen LogP contribution in [0.3, 0.4) is 0 Å². The molecule has 0 radical (unpaired) electrons. The van der Waals surface area contributed by atoms with Crippen molar-refractivity contribution in [2.24, 2.45) is 0 Å². The molecule has 5 nitrogen and oxygen atoms in total. The van der Waals surface area contributed by atoms with Crippen molar-refractivity contribution in [3.05, 3.63) is 96.0 Å². The van der Waals surface area contributed by atoms with Gasteiger partial charge in [0.1, 0.15) is 12.4 Å². The number of nitrogens with one attached hydrogen (secondary N) is 1. The average Bonchev–Trinajstić information content (AvgIpc) is 3.29. The van der Waals surface area contributed by atoms with Gasteiger partial charge in [0.25, 0.3) is 0 Å². The zero-order valence-corrected chi connectivity index (χ0v) is 16.7. The molecule has 0 amide bonds. The van der Waals surface area contributed by atoms with Crippen molar-refractivity contribution < 1.29 is 4.74 Å². The monoisotopic (exact) mass is 412 g/mol. The van der Waals surface area contributed by atoms with Crippen LogP contribution in [0.2, 0.25) is 5.02 Å². The molecule has 0 aliphatic carbocycles. The Labute approximate surface area is 178 Å². The van der Waals surface area contributed by atoms with Gasteiger partial charge in [0.05, 0.1) is 21.9 Å². The van der Waals surface area contributed by atoms with E-state index in [2.05, 4.69) is 20.2 Å². The summed E-state index contributed by atoms with van der Waals surface area (Å²) in [5.41, 5.74) is 5.55. The van der Waals surface area contributed by atoms with E-state index in [0.717, 1.165) is 39.0 Å². The normalized spacial score (nSPS) is 11.0. The highest BCUT2D eigenvalue weighted by Crippen LogP contribution is 2.34. The highest BCUT2D eigenvalue weighted by atomic mass is 35.5. The molecule has 5 aromatic rings. The van der Waals surface area contributed by atoms with Gasteiger partial charge in [-0.25, -0.2) is 4.98 Å². The number of aromatic amines is 1. The van der Waals surface area contributed by atoms with E-state index in [1.807, 2.05) is 72.9 Å². The molecule has 5 rings (SSSR count). The van der Waals surface area contributed by atoms with E-state index in [4.69, 9.17) is 16.3 Å². The molecule has 0 aliphatic rings. The molecular weight excluding hydrogens is 396 g/mol. The molecule has 0 spiro atoms. The van der Waals surface area contributed by atoms with Crippen molar-refractivity contribution in [2.75, 3.05) is 0 Å². The maximum atomic E-state index is 6.51. The Kier molecular flexibility index (Phi) is 4.87. The fourth-order valence-corrected chi connectivity index (χ4v) is 3.60. The zero-order valence-electron chi connectivity index (χ0n) is 15.9. The van der Waals surface area contributed by atoms with Gasteiger partial charge >= 0.3 is 0 Å². The second-order valence-electron chi connectivity index (χ2n) is 6.81. The van der Waals surface area contributed by atoms with Crippen molar-refractivity contribution in [2.45, 2.75) is 6.61 Å². The van der Waals surface area contributed by atoms with Crippen LogP contribution in [0.4, 0.5) is 0 Å². The third-order valence-electron chi connectivity index (χ3n) is 4.87.